The summed E-state index contributed by atoms with van der Waals surface area (Å²) in [6.45, 7) is 0. The predicted molar refractivity (Wildman–Crippen MR) is 47.5 cm³/mol. The van der Waals surface area contributed by atoms with Crippen LogP contribution in [0.2, 0.25) is 0 Å². The number of ether oxygens (including phenoxy) is 1. The Bertz CT molecular complexity index is 372. The molecule has 0 fully saturated rings. The van der Waals surface area contributed by atoms with Gasteiger partial charge in [-0.2, -0.15) is 0 Å². The number of carbonyl (C=O) groups excluding carboxylic acids is 1. The minimum absolute atomic E-state index is 0.251. The Morgan fingerprint density at radius 2 is 2.00 bits per heavy atom. The van der Waals surface area contributed by atoms with E-state index in [1.807, 2.05) is 0 Å². The van der Waals surface area contributed by atoms with E-state index in [0.717, 1.165) is 0 Å². The van der Waals surface area contributed by atoms with Crippen LogP contribution in [-0.2, 0) is 9.53 Å². The molecule has 0 aromatic heterocycles. The van der Waals surface area contributed by atoms with Gasteiger partial charge < -0.3 is 10.1 Å². The van der Waals surface area contributed by atoms with E-state index in [0.29, 0.717) is 5.56 Å². The molecule has 0 spiro atoms. The van der Waals surface area contributed by atoms with Crippen LogP contribution in [-0.4, -0.2) is 5.91 Å². The van der Waals surface area contributed by atoms with Crippen molar-refractivity contribution in [1.82, 2.24) is 5.32 Å². The highest BCUT2D eigenvalue weighted by atomic mass is 19.1. The molecule has 1 unspecified atom stereocenters. The molecule has 1 aliphatic rings. The molecule has 1 heterocycles. The van der Waals surface area contributed by atoms with Crippen molar-refractivity contribution < 1.29 is 13.9 Å². The van der Waals surface area contributed by atoms with Crippen LogP contribution in [0.25, 0.3) is 0 Å². The van der Waals surface area contributed by atoms with E-state index in [1.54, 1.807) is 0 Å². The van der Waals surface area contributed by atoms with Gasteiger partial charge in [0.2, 0.25) is 6.10 Å². The molecule has 1 N–H and O–H groups in total. The third-order valence-electron chi connectivity index (χ3n) is 1.92. The van der Waals surface area contributed by atoms with Gasteiger partial charge in [-0.15, -0.1) is 0 Å². The minimum Gasteiger partial charge on any atom is -0.482 e. The summed E-state index contributed by atoms with van der Waals surface area (Å²) in [5, 5.41) is 2.51. The molecule has 72 valence electrons. The Balaban J connectivity index is 2.26. The first-order valence-electron chi connectivity index (χ1n) is 4.14. The number of amides is 1. The van der Waals surface area contributed by atoms with Gasteiger partial charge in [0.25, 0.3) is 5.91 Å². The summed E-state index contributed by atoms with van der Waals surface area (Å²) in [5.74, 6) is -0.584. The van der Waals surface area contributed by atoms with Crippen LogP contribution in [0.5, 0.6) is 0 Å². The maximum absolute atomic E-state index is 12.6. The number of rotatable bonds is 1. The number of halogens is 1. The number of hydrogen-bond donors (Lipinski definition) is 1. The fourth-order valence-corrected chi connectivity index (χ4v) is 1.24. The monoisotopic (exact) mass is 193 g/mol. The van der Waals surface area contributed by atoms with Gasteiger partial charge in [-0.25, -0.2) is 4.39 Å². The van der Waals surface area contributed by atoms with Gasteiger partial charge in [-0.3, -0.25) is 4.79 Å². The molecule has 1 aromatic rings. The molecule has 1 aromatic carbocycles. The molecule has 2 rings (SSSR count). The van der Waals surface area contributed by atoms with Gasteiger partial charge in [-0.1, -0.05) is 12.1 Å². The molecule has 0 aliphatic carbocycles. The summed E-state index contributed by atoms with van der Waals surface area (Å²) >= 11 is 0. The normalized spacial score (nSPS) is 20.1. The highest BCUT2D eigenvalue weighted by Crippen LogP contribution is 2.20. The minimum atomic E-state index is -0.680. The molecule has 0 bridgehead atoms. The summed E-state index contributed by atoms with van der Waals surface area (Å²) in [4.78, 5) is 11.3. The summed E-state index contributed by atoms with van der Waals surface area (Å²) in [6.07, 6.45) is 2.14. The zero-order valence-electron chi connectivity index (χ0n) is 7.24. The lowest BCUT2D eigenvalue weighted by Gasteiger charge is -2.18. The summed E-state index contributed by atoms with van der Waals surface area (Å²) in [5.41, 5.74) is 0.633. The Labute approximate surface area is 80.2 Å². The van der Waals surface area contributed by atoms with Gasteiger partial charge >= 0.3 is 0 Å². The number of benzene rings is 1. The van der Waals surface area contributed by atoms with E-state index >= 15 is 0 Å². The van der Waals surface area contributed by atoms with Gasteiger partial charge in [-0.05, 0) is 12.1 Å². The van der Waals surface area contributed by atoms with Gasteiger partial charge in [0.15, 0.2) is 0 Å². The zero-order valence-corrected chi connectivity index (χ0v) is 7.24. The van der Waals surface area contributed by atoms with Crippen molar-refractivity contribution in [2.75, 3.05) is 0 Å². The Morgan fingerprint density at radius 3 is 2.64 bits per heavy atom. The number of carbonyl (C=O) groups is 1. The van der Waals surface area contributed by atoms with Crippen molar-refractivity contribution in [2.24, 2.45) is 0 Å². The van der Waals surface area contributed by atoms with Crippen LogP contribution >= 0.6 is 0 Å². The van der Waals surface area contributed by atoms with Crippen molar-refractivity contribution >= 4 is 5.91 Å². The average Bonchev–Trinajstić information content (AvgIpc) is 2.20. The molecule has 0 saturated heterocycles. The van der Waals surface area contributed by atoms with Gasteiger partial charge in [0, 0.05) is 11.8 Å². The Morgan fingerprint density at radius 1 is 1.29 bits per heavy atom. The third-order valence-corrected chi connectivity index (χ3v) is 1.92. The van der Waals surface area contributed by atoms with Crippen LogP contribution < -0.4 is 5.32 Å². The van der Waals surface area contributed by atoms with Crippen molar-refractivity contribution in [2.45, 2.75) is 6.10 Å². The quantitative estimate of drug-likeness (QED) is 0.733. The third kappa shape index (κ3) is 1.59. The second-order valence-electron chi connectivity index (χ2n) is 2.88. The first kappa shape index (κ1) is 8.74. The molecule has 0 saturated carbocycles. The highest BCUT2D eigenvalue weighted by Gasteiger charge is 2.22. The van der Waals surface area contributed by atoms with Crippen molar-refractivity contribution in [3.63, 3.8) is 0 Å². The van der Waals surface area contributed by atoms with Gasteiger partial charge in [0.05, 0.1) is 0 Å². The zero-order chi connectivity index (χ0) is 9.97. The van der Waals surface area contributed by atoms with Crippen LogP contribution in [0, 0.1) is 5.82 Å². The second-order valence-corrected chi connectivity index (χ2v) is 2.88. The maximum atomic E-state index is 12.6. The Kier molecular flexibility index (Phi) is 2.18. The van der Waals surface area contributed by atoms with E-state index in [4.69, 9.17) is 4.74 Å². The summed E-state index contributed by atoms with van der Waals surface area (Å²) in [6, 6.07) is 5.64. The SMILES string of the molecule is O=C1NC=COC1c1ccc(F)cc1. The lowest BCUT2D eigenvalue weighted by atomic mass is 10.1. The summed E-state index contributed by atoms with van der Waals surface area (Å²) in [7, 11) is 0. The largest absolute Gasteiger partial charge is 0.482 e. The Hall–Kier alpha value is -1.84. The summed E-state index contributed by atoms with van der Waals surface area (Å²) < 4.78 is 17.7. The standard InChI is InChI=1S/C10H8FNO2/c11-8-3-1-7(2-4-8)9-10(13)12-5-6-14-9/h1-6,9H,(H,12,13). The van der Waals surface area contributed by atoms with Crippen molar-refractivity contribution in [3.05, 3.63) is 48.1 Å². The topological polar surface area (TPSA) is 38.3 Å². The second kappa shape index (κ2) is 3.49. The fraction of sp³-hybridized carbons (Fsp3) is 0.100. The predicted octanol–water partition coefficient (Wildman–Crippen LogP) is 1.48. The van der Waals surface area contributed by atoms with Crippen LogP contribution in [0.1, 0.15) is 11.7 Å². The molecule has 0 radical (unpaired) electrons. The molecule has 1 amide bonds. The first-order chi connectivity index (χ1) is 6.77. The van der Waals surface area contributed by atoms with Crippen LogP contribution in [0.3, 0.4) is 0 Å². The van der Waals surface area contributed by atoms with Crippen LogP contribution in [0.4, 0.5) is 4.39 Å². The fourth-order valence-electron chi connectivity index (χ4n) is 1.24. The first-order valence-corrected chi connectivity index (χ1v) is 4.14. The molecule has 1 aliphatic heterocycles. The van der Waals surface area contributed by atoms with E-state index in [2.05, 4.69) is 5.32 Å². The maximum Gasteiger partial charge on any atom is 0.269 e. The lowest BCUT2D eigenvalue weighted by molar-refractivity contribution is -0.130. The molecule has 3 nitrogen and oxygen atoms in total. The lowest BCUT2D eigenvalue weighted by Crippen LogP contribution is -2.29. The molecular formula is C10H8FNO2. The molecule has 4 heteroatoms. The van der Waals surface area contributed by atoms with Crippen molar-refractivity contribution in [3.8, 4) is 0 Å². The molecular weight excluding hydrogens is 185 g/mol. The van der Waals surface area contributed by atoms with E-state index in [1.165, 1.54) is 36.7 Å². The number of hydrogen-bond acceptors (Lipinski definition) is 2. The highest BCUT2D eigenvalue weighted by molar-refractivity contribution is 5.83. The smallest absolute Gasteiger partial charge is 0.269 e. The van der Waals surface area contributed by atoms with Crippen molar-refractivity contribution in [1.29, 1.82) is 0 Å². The van der Waals surface area contributed by atoms with E-state index in [9.17, 15) is 9.18 Å². The number of nitrogens with one attached hydrogen (secondary N) is 1. The van der Waals surface area contributed by atoms with E-state index < -0.39 is 6.10 Å². The molecule has 14 heavy (non-hydrogen) atoms. The van der Waals surface area contributed by atoms with Gasteiger partial charge in [0.1, 0.15) is 12.1 Å². The van der Waals surface area contributed by atoms with E-state index in [-0.39, 0.29) is 11.7 Å². The molecule has 1 atom stereocenters. The van der Waals surface area contributed by atoms with Crippen LogP contribution in [0.15, 0.2) is 36.7 Å². The average molecular weight is 193 g/mol.